The summed E-state index contributed by atoms with van der Waals surface area (Å²) < 4.78 is 0. The summed E-state index contributed by atoms with van der Waals surface area (Å²) in [4.78, 5) is 24.8. The normalized spacial score (nSPS) is 24.4. The molecule has 0 bridgehead atoms. The van der Waals surface area contributed by atoms with Crippen molar-refractivity contribution in [3.63, 3.8) is 0 Å². The zero-order chi connectivity index (χ0) is 10.1. The van der Waals surface area contributed by atoms with Crippen molar-refractivity contribution in [2.24, 2.45) is 5.73 Å². The lowest BCUT2D eigenvalue weighted by Crippen LogP contribution is -2.30. The summed E-state index contributed by atoms with van der Waals surface area (Å²) in [6.07, 6.45) is 2.26. The second kappa shape index (κ2) is 3.26. The predicted molar refractivity (Wildman–Crippen MR) is 50.9 cm³/mol. The van der Waals surface area contributed by atoms with Crippen molar-refractivity contribution in [3.8, 4) is 0 Å². The number of hydrogen-bond donors (Lipinski definition) is 3. The number of pyridine rings is 1. The number of nitrogens with two attached hydrogens (primary N) is 1. The first-order valence-corrected chi connectivity index (χ1v) is 4.42. The molecule has 2 atom stereocenters. The fraction of sp³-hybridized carbons (Fsp3) is 0.333. The highest BCUT2D eigenvalue weighted by atomic mass is 16.2. The first-order chi connectivity index (χ1) is 6.66. The maximum atomic E-state index is 11.5. The molecule has 0 aromatic carbocycles. The number of carbonyl (C=O) groups excluding carboxylic acids is 1. The smallest absolute Gasteiger partial charge is 0.251 e. The highest BCUT2D eigenvalue weighted by molar-refractivity contribution is 5.94. The van der Waals surface area contributed by atoms with E-state index in [4.69, 9.17) is 5.73 Å². The zero-order valence-electron chi connectivity index (χ0n) is 7.49. The lowest BCUT2D eigenvalue weighted by Gasteiger charge is -2.02. The Hall–Kier alpha value is -1.62. The third-order valence-electron chi connectivity index (χ3n) is 2.19. The van der Waals surface area contributed by atoms with Crippen molar-refractivity contribution in [1.82, 2.24) is 10.3 Å². The van der Waals surface area contributed by atoms with Gasteiger partial charge < -0.3 is 16.0 Å². The van der Waals surface area contributed by atoms with Crippen LogP contribution in [-0.2, 0) is 0 Å². The summed E-state index contributed by atoms with van der Waals surface area (Å²) in [6.45, 7) is 0. The topological polar surface area (TPSA) is 88.0 Å². The molecule has 5 nitrogen and oxygen atoms in total. The first-order valence-electron chi connectivity index (χ1n) is 4.42. The van der Waals surface area contributed by atoms with Gasteiger partial charge in [-0.15, -0.1) is 0 Å². The van der Waals surface area contributed by atoms with Gasteiger partial charge in [-0.25, -0.2) is 0 Å². The average Bonchev–Trinajstić information content (AvgIpc) is 2.81. The molecule has 0 spiro atoms. The Bertz CT molecular complexity index is 413. The molecule has 0 radical (unpaired) electrons. The molecule has 5 heteroatoms. The maximum Gasteiger partial charge on any atom is 0.251 e. The minimum atomic E-state index is -0.280. The molecule has 14 heavy (non-hydrogen) atoms. The van der Waals surface area contributed by atoms with Gasteiger partial charge in [0.1, 0.15) is 0 Å². The number of hydrogen-bond acceptors (Lipinski definition) is 3. The maximum absolute atomic E-state index is 11.5. The van der Waals surface area contributed by atoms with Crippen molar-refractivity contribution < 1.29 is 4.79 Å². The van der Waals surface area contributed by atoms with Crippen LogP contribution in [0.1, 0.15) is 16.8 Å². The van der Waals surface area contributed by atoms with E-state index in [0.717, 1.165) is 6.42 Å². The molecule has 74 valence electrons. The van der Waals surface area contributed by atoms with E-state index in [-0.39, 0.29) is 23.6 Å². The molecule has 1 saturated carbocycles. The van der Waals surface area contributed by atoms with Crippen molar-refractivity contribution >= 4 is 5.91 Å². The molecule has 1 aromatic rings. The van der Waals surface area contributed by atoms with Crippen LogP contribution in [0.5, 0.6) is 0 Å². The van der Waals surface area contributed by atoms with E-state index in [1.165, 1.54) is 12.3 Å². The molecule has 0 saturated heterocycles. The SMILES string of the molecule is NC1CC1NC(=O)c1cc[nH]c(=O)c1. The van der Waals surface area contributed by atoms with Crippen LogP contribution in [0.3, 0.4) is 0 Å². The Balaban J connectivity index is 2.07. The minimum Gasteiger partial charge on any atom is -0.348 e. The van der Waals surface area contributed by atoms with Gasteiger partial charge >= 0.3 is 0 Å². The van der Waals surface area contributed by atoms with Crippen molar-refractivity contribution in [2.45, 2.75) is 18.5 Å². The monoisotopic (exact) mass is 193 g/mol. The van der Waals surface area contributed by atoms with E-state index < -0.39 is 0 Å². The Kier molecular flexibility index (Phi) is 2.09. The fourth-order valence-corrected chi connectivity index (χ4v) is 1.22. The van der Waals surface area contributed by atoms with E-state index >= 15 is 0 Å². The molecule has 1 heterocycles. The predicted octanol–water partition coefficient (Wildman–Crippen LogP) is -0.796. The molecule has 4 N–H and O–H groups in total. The Morgan fingerprint density at radius 2 is 2.36 bits per heavy atom. The molecule has 2 unspecified atom stereocenters. The molecule has 2 rings (SSSR count). The van der Waals surface area contributed by atoms with E-state index in [2.05, 4.69) is 10.3 Å². The number of amides is 1. The third-order valence-corrected chi connectivity index (χ3v) is 2.19. The fourth-order valence-electron chi connectivity index (χ4n) is 1.22. The van der Waals surface area contributed by atoms with Crippen LogP contribution in [0.25, 0.3) is 0 Å². The van der Waals surface area contributed by atoms with Gasteiger partial charge in [0.2, 0.25) is 5.56 Å². The summed E-state index contributed by atoms with van der Waals surface area (Å²) in [5.41, 5.74) is 5.63. The van der Waals surface area contributed by atoms with Crippen LogP contribution in [0, 0.1) is 0 Å². The summed E-state index contributed by atoms with van der Waals surface area (Å²) in [7, 11) is 0. The average molecular weight is 193 g/mol. The Labute approximate surface area is 80.3 Å². The van der Waals surface area contributed by atoms with Crippen LogP contribution in [0.15, 0.2) is 23.1 Å². The molecule has 0 aliphatic heterocycles. The van der Waals surface area contributed by atoms with Crippen molar-refractivity contribution in [1.29, 1.82) is 0 Å². The van der Waals surface area contributed by atoms with E-state index in [9.17, 15) is 9.59 Å². The number of rotatable bonds is 2. The minimum absolute atomic E-state index is 0.0703. The van der Waals surface area contributed by atoms with E-state index in [1.54, 1.807) is 6.07 Å². The highest BCUT2D eigenvalue weighted by Gasteiger charge is 2.34. The second-order valence-corrected chi connectivity index (χ2v) is 3.42. The number of H-pyrrole nitrogens is 1. The summed E-state index contributed by atoms with van der Waals surface area (Å²) in [5, 5.41) is 2.73. The lowest BCUT2D eigenvalue weighted by molar-refractivity contribution is 0.0950. The molecule has 1 aromatic heterocycles. The van der Waals surface area contributed by atoms with Gasteiger partial charge in [-0.3, -0.25) is 9.59 Å². The van der Waals surface area contributed by atoms with E-state index in [0.29, 0.717) is 5.56 Å². The van der Waals surface area contributed by atoms with E-state index in [1.807, 2.05) is 0 Å². The third kappa shape index (κ3) is 1.82. The number of aromatic nitrogens is 1. The molecule has 1 aliphatic carbocycles. The standard InChI is InChI=1S/C9H11N3O2/c10-6-4-7(6)12-9(14)5-1-2-11-8(13)3-5/h1-3,6-7H,4,10H2,(H,11,13)(H,12,14). The zero-order valence-corrected chi connectivity index (χ0v) is 7.49. The largest absolute Gasteiger partial charge is 0.348 e. The van der Waals surface area contributed by atoms with Gasteiger partial charge in [-0.2, -0.15) is 0 Å². The van der Waals surface area contributed by atoms with Crippen LogP contribution >= 0.6 is 0 Å². The highest BCUT2D eigenvalue weighted by Crippen LogP contribution is 2.18. The number of aromatic amines is 1. The van der Waals surface area contributed by atoms with Crippen LogP contribution in [-0.4, -0.2) is 23.0 Å². The number of carbonyl (C=O) groups is 1. The van der Waals surface area contributed by atoms with Gasteiger partial charge in [-0.05, 0) is 12.5 Å². The molecule has 1 fully saturated rings. The van der Waals surface area contributed by atoms with Gasteiger partial charge in [0.15, 0.2) is 0 Å². The van der Waals surface area contributed by atoms with Gasteiger partial charge in [-0.1, -0.05) is 0 Å². The summed E-state index contributed by atoms with van der Waals surface area (Å²) >= 11 is 0. The van der Waals surface area contributed by atoms with Crippen LogP contribution < -0.4 is 16.6 Å². The number of nitrogens with one attached hydrogen (secondary N) is 2. The van der Waals surface area contributed by atoms with Gasteiger partial charge in [0.25, 0.3) is 5.91 Å². The molecular weight excluding hydrogens is 182 g/mol. The first kappa shape index (κ1) is 8.96. The van der Waals surface area contributed by atoms with Crippen LogP contribution in [0.2, 0.25) is 0 Å². The van der Waals surface area contributed by atoms with Crippen molar-refractivity contribution in [2.75, 3.05) is 0 Å². The molecule has 1 aliphatic rings. The van der Waals surface area contributed by atoms with Gasteiger partial charge in [0, 0.05) is 29.9 Å². The summed E-state index contributed by atoms with van der Waals surface area (Å²) in [5.74, 6) is -0.242. The summed E-state index contributed by atoms with van der Waals surface area (Å²) in [6, 6.07) is 2.97. The van der Waals surface area contributed by atoms with Gasteiger partial charge in [0.05, 0.1) is 0 Å². The Morgan fingerprint density at radius 1 is 1.64 bits per heavy atom. The van der Waals surface area contributed by atoms with Crippen LogP contribution in [0.4, 0.5) is 0 Å². The van der Waals surface area contributed by atoms with Crippen molar-refractivity contribution in [3.05, 3.63) is 34.2 Å². The molecular formula is C9H11N3O2. The molecule has 1 amide bonds. The quantitative estimate of drug-likeness (QED) is 0.574. The second-order valence-electron chi connectivity index (χ2n) is 3.42. The Morgan fingerprint density at radius 3 is 2.93 bits per heavy atom. The lowest BCUT2D eigenvalue weighted by atomic mass is 10.2.